The Morgan fingerprint density at radius 2 is 2.17 bits per heavy atom. The fourth-order valence-corrected chi connectivity index (χ4v) is 3.15. The van der Waals surface area contributed by atoms with Gasteiger partial charge < -0.3 is 5.73 Å². The van der Waals surface area contributed by atoms with Crippen LogP contribution < -0.4 is 5.73 Å². The van der Waals surface area contributed by atoms with Gasteiger partial charge in [-0.3, -0.25) is 0 Å². The van der Waals surface area contributed by atoms with E-state index in [1.165, 1.54) is 19.3 Å². The van der Waals surface area contributed by atoms with Crippen LogP contribution in [0, 0.1) is 23.7 Å². The van der Waals surface area contributed by atoms with E-state index >= 15 is 0 Å². The Kier molecular flexibility index (Phi) is 2.22. The van der Waals surface area contributed by atoms with Crippen molar-refractivity contribution in [2.45, 2.75) is 26.2 Å². The summed E-state index contributed by atoms with van der Waals surface area (Å²) in [6.07, 6.45) is 8.86. The average Bonchev–Trinajstić information content (AvgIpc) is 2.30. The number of allylic oxidation sites excluding steroid dienone is 2. The van der Waals surface area contributed by atoms with Crippen molar-refractivity contribution >= 4 is 0 Å². The van der Waals surface area contributed by atoms with Crippen molar-refractivity contribution < 1.29 is 0 Å². The van der Waals surface area contributed by atoms with E-state index < -0.39 is 0 Å². The molecule has 2 saturated carbocycles. The van der Waals surface area contributed by atoms with Gasteiger partial charge in [0.05, 0.1) is 0 Å². The van der Waals surface area contributed by atoms with Gasteiger partial charge >= 0.3 is 0 Å². The van der Waals surface area contributed by atoms with E-state index in [0.717, 1.165) is 30.2 Å². The second-order valence-corrected chi connectivity index (χ2v) is 4.33. The zero-order valence-electron chi connectivity index (χ0n) is 7.87. The Labute approximate surface area is 75.0 Å². The maximum atomic E-state index is 5.69. The lowest BCUT2D eigenvalue weighted by molar-refractivity contribution is 0.0926. The van der Waals surface area contributed by atoms with Crippen LogP contribution in [0.4, 0.5) is 0 Å². The summed E-state index contributed by atoms with van der Waals surface area (Å²) < 4.78 is 0. The van der Waals surface area contributed by atoms with Crippen molar-refractivity contribution in [3.63, 3.8) is 0 Å². The molecule has 1 unspecified atom stereocenters. The zero-order valence-corrected chi connectivity index (χ0v) is 7.87. The molecule has 0 aromatic rings. The topological polar surface area (TPSA) is 26.0 Å². The van der Waals surface area contributed by atoms with E-state index in [1.807, 2.05) is 0 Å². The third kappa shape index (κ3) is 1.11. The van der Waals surface area contributed by atoms with Crippen molar-refractivity contribution in [1.82, 2.24) is 0 Å². The standard InChI is InChI=1S/C11H19N/c1-2-3-8-4-5-10-9(7-12)6-11(8)10/h2-3,8-11H,4-7,12H2,1H3/b3-2-/t8-,9+,10-,11?/m1/s1. The molecule has 0 aromatic heterocycles. The van der Waals surface area contributed by atoms with Crippen LogP contribution in [0.5, 0.6) is 0 Å². The molecule has 0 amide bonds. The van der Waals surface area contributed by atoms with Crippen LogP contribution in [-0.2, 0) is 0 Å². The summed E-state index contributed by atoms with van der Waals surface area (Å²) in [4.78, 5) is 0. The predicted octanol–water partition coefficient (Wildman–Crippen LogP) is 2.18. The van der Waals surface area contributed by atoms with E-state index in [1.54, 1.807) is 0 Å². The third-order valence-electron chi connectivity index (χ3n) is 3.86. The molecule has 0 aliphatic heterocycles. The first-order valence-corrected chi connectivity index (χ1v) is 5.19. The molecule has 2 fully saturated rings. The molecule has 12 heavy (non-hydrogen) atoms. The van der Waals surface area contributed by atoms with Crippen LogP contribution in [-0.4, -0.2) is 6.54 Å². The maximum absolute atomic E-state index is 5.69. The van der Waals surface area contributed by atoms with Crippen LogP contribution in [0.2, 0.25) is 0 Å². The molecule has 4 atom stereocenters. The highest BCUT2D eigenvalue weighted by Gasteiger charge is 2.47. The Balaban J connectivity index is 1.94. The van der Waals surface area contributed by atoms with Crippen molar-refractivity contribution in [2.24, 2.45) is 29.4 Å². The molecule has 1 nitrogen and oxygen atoms in total. The number of hydrogen-bond donors (Lipinski definition) is 1. The molecule has 2 rings (SSSR count). The largest absolute Gasteiger partial charge is 0.330 e. The Hall–Kier alpha value is -0.300. The SMILES string of the molecule is C/C=C\[C@@H]1CC[C@H]2C1C[C@H]2CN. The summed E-state index contributed by atoms with van der Waals surface area (Å²) in [7, 11) is 0. The molecule has 1 heteroatoms. The van der Waals surface area contributed by atoms with Crippen molar-refractivity contribution in [1.29, 1.82) is 0 Å². The molecule has 0 heterocycles. The number of nitrogens with two attached hydrogens (primary N) is 1. The van der Waals surface area contributed by atoms with Gasteiger partial charge in [0.1, 0.15) is 0 Å². The Morgan fingerprint density at radius 3 is 2.83 bits per heavy atom. The lowest BCUT2D eigenvalue weighted by Gasteiger charge is -2.41. The van der Waals surface area contributed by atoms with Crippen LogP contribution in [0.1, 0.15) is 26.2 Å². The highest BCUT2D eigenvalue weighted by Crippen LogP contribution is 2.54. The molecule has 2 aliphatic rings. The summed E-state index contributed by atoms with van der Waals surface area (Å²) in [6.45, 7) is 3.05. The molecule has 0 radical (unpaired) electrons. The van der Waals surface area contributed by atoms with Gasteiger partial charge in [0.25, 0.3) is 0 Å². The second-order valence-electron chi connectivity index (χ2n) is 4.33. The third-order valence-corrected chi connectivity index (χ3v) is 3.86. The summed E-state index contributed by atoms with van der Waals surface area (Å²) in [6, 6.07) is 0. The lowest BCUT2D eigenvalue weighted by atomic mass is 9.64. The van der Waals surface area contributed by atoms with Gasteiger partial charge in [0.2, 0.25) is 0 Å². The van der Waals surface area contributed by atoms with Gasteiger partial charge in [-0.15, -0.1) is 0 Å². The molecule has 0 aromatic carbocycles. The van der Waals surface area contributed by atoms with E-state index in [0.29, 0.717) is 0 Å². The molecule has 2 aliphatic carbocycles. The van der Waals surface area contributed by atoms with Gasteiger partial charge in [-0.05, 0) is 56.4 Å². The summed E-state index contributed by atoms with van der Waals surface area (Å²) in [5.41, 5.74) is 5.69. The minimum atomic E-state index is 0.866. The fraction of sp³-hybridized carbons (Fsp3) is 0.818. The minimum absolute atomic E-state index is 0.866. The van der Waals surface area contributed by atoms with Gasteiger partial charge in [0, 0.05) is 0 Å². The average molecular weight is 165 g/mol. The quantitative estimate of drug-likeness (QED) is 0.624. The van der Waals surface area contributed by atoms with Crippen LogP contribution in [0.25, 0.3) is 0 Å². The molecule has 0 spiro atoms. The van der Waals surface area contributed by atoms with Crippen LogP contribution >= 0.6 is 0 Å². The van der Waals surface area contributed by atoms with Gasteiger partial charge in [0.15, 0.2) is 0 Å². The van der Waals surface area contributed by atoms with E-state index in [4.69, 9.17) is 5.73 Å². The number of hydrogen-bond acceptors (Lipinski definition) is 1. The predicted molar refractivity (Wildman–Crippen MR) is 51.7 cm³/mol. The zero-order chi connectivity index (χ0) is 8.55. The summed E-state index contributed by atoms with van der Waals surface area (Å²) >= 11 is 0. The lowest BCUT2D eigenvalue weighted by Crippen LogP contribution is -2.39. The van der Waals surface area contributed by atoms with E-state index in [-0.39, 0.29) is 0 Å². The maximum Gasteiger partial charge on any atom is -0.00460 e. The number of rotatable bonds is 2. The smallest absolute Gasteiger partial charge is 0.00460 e. The highest BCUT2D eigenvalue weighted by atomic mass is 14.6. The monoisotopic (exact) mass is 165 g/mol. The summed E-state index contributed by atoms with van der Waals surface area (Å²) in [5, 5.41) is 0. The molecule has 0 bridgehead atoms. The molecule has 2 N–H and O–H groups in total. The second kappa shape index (κ2) is 3.21. The van der Waals surface area contributed by atoms with Gasteiger partial charge in [-0.25, -0.2) is 0 Å². The Bertz CT molecular complexity index is 185. The van der Waals surface area contributed by atoms with Gasteiger partial charge in [-0.1, -0.05) is 12.2 Å². The number of fused-ring (bicyclic) bond motifs is 1. The molecule has 0 saturated heterocycles. The first-order valence-electron chi connectivity index (χ1n) is 5.19. The van der Waals surface area contributed by atoms with Crippen LogP contribution in [0.15, 0.2) is 12.2 Å². The first kappa shape index (κ1) is 8.31. The fourth-order valence-electron chi connectivity index (χ4n) is 3.15. The molecule has 68 valence electrons. The van der Waals surface area contributed by atoms with E-state index in [2.05, 4.69) is 19.1 Å². The van der Waals surface area contributed by atoms with Crippen molar-refractivity contribution in [2.75, 3.05) is 6.54 Å². The van der Waals surface area contributed by atoms with Crippen molar-refractivity contribution in [3.05, 3.63) is 12.2 Å². The van der Waals surface area contributed by atoms with Crippen molar-refractivity contribution in [3.8, 4) is 0 Å². The highest BCUT2D eigenvalue weighted by molar-refractivity contribution is 5.04. The van der Waals surface area contributed by atoms with Gasteiger partial charge in [-0.2, -0.15) is 0 Å². The van der Waals surface area contributed by atoms with E-state index in [9.17, 15) is 0 Å². The molecular weight excluding hydrogens is 146 g/mol. The molecular formula is C11H19N. The van der Waals surface area contributed by atoms with Crippen LogP contribution in [0.3, 0.4) is 0 Å². The Morgan fingerprint density at radius 1 is 1.33 bits per heavy atom. The first-order chi connectivity index (χ1) is 5.86. The summed E-state index contributed by atoms with van der Waals surface area (Å²) in [5.74, 6) is 3.74. The minimum Gasteiger partial charge on any atom is -0.330 e. The normalized spacial score (nSPS) is 46.2.